The molecule has 11 nitrogen and oxygen atoms in total. The molecule has 5 N–H and O–H groups in total. The summed E-state index contributed by atoms with van der Waals surface area (Å²) in [4.78, 5) is 32.1. The second-order valence-electron chi connectivity index (χ2n) is 9.01. The smallest absolute Gasteiger partial charge is 0.305 e. The highest BCUT2D eigenvalue weighted by atomic mass is 19.1. The molecule has 0 saturated carbocycles. The van der Waals surface area contributed by atoms with Crippen molar-refractivity contribution in [3.05, 3.63) is 59.2 Å². The van der Waals surface area contributed by atoms with Crippen LogP contribution in [0, 0.1) is 5.82 Å². The minimum absolute atomic E-state index is 0.0971. The van der Waals surface area contributed by atoms with Crippen LogP contribution in [-0.2, 0) is 11.8 Å². The number of hydrogen-bond donors (Lipinski definition) is 5. The van der Waals surface area contributed by atoms with Crippen molar-refractivity contribution >= 4 is 29.7 Å². The van der Waals surface area contributed by atoms with Crippen LogP contribution in [-0.4, -0.2) is 66.2 Å². The van der Waals surface area contributed by atoms with Gasteiger partial charge in [-0.2, -0.15) is 5.10 Å². The number of aliphatic hydroxyl groups excluding tert-OH is 2. The number of carboxylic acid groups (broad SMARTS) is 1. The van der Waals surface area contributed by atoms with Crippen LogP contribution < -0.4 is 10.6 Å². The topological polar surface area (TPSA) is 162 Å². The van der Waals surface area contributed by atoms with Gasteiger partial charge >= 0.3 is 5.97 Å². The molecule has 3 rings (SSSR count). The number of benzene rings is 1. The summed E-state index contributed by atoms with van der Waals surface area (Å²) in [6.45, 7) is 3.86. The Hall–Kier alpha value is -4.16. The fourth-order valence-electron chi connectivity index (χ4n) is 3.76. The Morgan fingerprint density at radius 2 is 1.84 bits per heavy atom. The third-order valence-corrected chi connectivity index (χ3v) is 5.63. The van der Waals surface area contributed by atoms with Gasteiger partial charge in [-0.15, -0.1) is 0 Å². The number of rotatable bonds is 11. The van der Waals surface area contributed by atoms with E-state index in [0.717, 1.165) is 0 Å². The Balaban J connectivity index is 2.06. The molecule has 2 aromatic heterocycles. The number of halogens is 1. The van der Waals surface area contributed by atoms with Gasteiger partial charge in [-0.3, -0.25) is 14.3 Å². The van der Waals surface area contributed by atoms with E-state index >= 15 is 0 Å². The molecule has 202 valence electrons. The van der Waals surface area contributed by atoms with Gasteiger partial charge in [0.1, 0.15) is 11.6 Å². The monoisotopic (exact) mass is 526 g/mol. The number of hydrogen-bond acceptors (Lipinski definition) is 8. The molecule has 0 fully saturated rings. The molecule has 0 bridgehead atoms. The number of aliphatic carboxylic acids is 1. The first-order chi connectivity index (χ1) is 18.0. The average molecular weight is 527 g/mol. The van der Waals surface area contributed by atoms with E-state index in [-0.39, 0.29) is 29.9 Å². The second-order valence-corrected chi connectivity index (χ2v) is 9.01. The van der Waals surface area contributed by atoms with E-state index in [1.807, 2.05) is 13.8 Å². The lowest BCUT2D eigenvalue weighted by molar-refractivity contribution is -0.139. The molecular formula is C26H31FN6O5. The summed E-state index contributed by atoms with van der Waals surface area (Å²) in [5, 5.41) is 38.9. The highest BCUT2D eigenvalue weighted by Crippen LogP contribution is 2.31. The molecule has 1 aromatic carbocycles. The highest BCUT2D eigenvalue weighted by molar-refractivity contribution is 5.93. The maximum Gasteiger partial charge on any atom is 0.305 e. The van der Waals surface area contributed by atoms with Crippen LogP contribution in [0.1, 0.15) is 54.4 Å². The van der Waals surface area contributed by atoms with Crippen LogP contribution in [0.15, 0.2) is 36.4 Å². The lowest BCUT2D eigenvalue weighted by Gasteiger charge is -2.17. The summed E-state index contributed by atoms with van der Waals surface area (Å²) < 4.78 is 15.2. The van der Waals surface area contributed by atoms with E-state index in [9.17, 15) is 24.2 Å². The Bertz CT molecular complexity index is 1320. The molecular weight excluding hydrogens is 495 g/mol. The minimum atomic E-state index is -1.21. The Morgan fingerprint density at radius 1 is 1.16 bits per heavy atom. The van der Waals surface area contributed by atoms with Crippen LogP contribution in [0.5, 0.6) is 0 Å². The zero-order valence-corrected chi connectivity index (χ0v) is 21.5. The Labute approximate surface area is 219 Å². The number of nitrogens with one attached hydrogen (secondary N) is 2. The molecule has 2 atom stereocenters. The number of carbonyl (C=O) groups is 2. The van der Waals surface area contributed by atoms with Gasteiger partial charge in [-0.25, -0.2) is 14.4 Å². The number of nitrogens with zero attached hydrogens (tertiary/aromatic N) is 4. The zero-order chi connectivity index (χ0) is 28.0. The molecule has 12 heteroatoms. The van der Waals surface area contributed by atoms with E-state index in [4.69, 9.17) is 5.11 Å². The van der Waals surface area contributed by atoms with E-state index in [1.54, 1.807) is 31.3 Å². The normalized spacial score (nSPS) is 13.1. The molecule has 0 aliphatic rings. The number of amides is 1. The molecule has 0 aliphatic carbocycles. The lowest BCUT2D eigenvalue weighted by Crippen LogP contribution is -2.19. The second kappa shape index (κ2) is 12.4. The van der Waals surface area contributed by atoms with Crippen LogP contribution in [0.2, 0.25) is 0 Å². The molecule has 0 spiro atoms. The van der Waals surface area contributed by atoms with Crippen LogP contribution in [0.25, 0.3) is 17.3 Å². The zero-order valence-electron chi connectivity index (χ0n) is 21.5. The summed E-state index contributed by atoms with van der Waals surface area (Å²) in [7, 11) is 3.17. The molecule has 0 radical (unpaired) electrons. The quantitative estimate of drug-likeness (QED) is 0.253. The third kappa shape index (κ3) is 7.20. The van der Waals surface area contributed by atoms with E-state index < -0.39 is 30.4 Å². The van der Waals surface area contributed by atoms with Crippen molar-refractivity contribution < 1.29 is 29.3 Å². The lowest BCUT2D eigenvalue weighted by atomic mass is 9.97. The van der Waals surface area contributed by atoms with Crippen LogP contribution >= 0.6 is 0 Å². The summed E-state index contributed by atoms with van der Waals surface area (Å²) >= 11 is 0. The fraction of sp³-hybridized carbons (Fsp3) is 0.346. The predicted molar refractivity (Wildman–Crippen MR) is 139 cm³/mol. The van der Waals surface area contributed by atoms with Gasteiger partial charge in [0.05, 0.1) is 30.0 Å². The Morgan fingerprint density at radius 3 is 2.45 bits per heavy atom. The maximum absolute atomic E-state index is 13.7. The van der Waals surface area contributed by atoms with Gasteiger partial charge in [0.15, 0.2) is 5.69 Å². The summed E-state index contributed by atoms with van der Waals surface area (Å²) in [6.07, 6.45) is 0.0640. The van der Waals surface area contributed by atoms with Crippen molar-refractivity contribution in [3.63, 3.8) is 0 Å². The number of anilines is 2. The molecule has 1 amide bonds. The predicted octanol–water partition coefficient (Wildman–Crippen LogP) is 2.84. The van der Waals surface area contributed by atoms with E-state index in [1.165, 1.54) is 29.9 Å². The number of carbonyl (C=O) groups excluding carboxylic acids is 1. The maximum atomic E-state index is 13.7. The van der Waals surface area contributed by atoms with Gasteiger partial charge in [0.25, 0.3) is 5.91 Å². The first kappa shape index (κ1) is 28.4. The summed E-state index contributed by atoms with van der Waals surface area (Å²) in [6, 6.07) is 7.32. The molecule has 0 aliphatic heterocycles. The standard InChI is InChI=1S/C26H31FN6O5/c1-14(2)23-19(10-9-17(34)11-18(35)12-22(36)37)24(15-5-7-16(27)8-6-15)31-26(30-23)29-21-13-20(25(38)28-3)32-33(21)4/h5-10,13-14,17-18,34-35H,11-12H2,1-4H3,(H,28,38)(H,36,37)(H,29,30,31)/t17-,18-/m1/s1. The van der Waals surface area contributed by atoms with Gasteiger partial charge in [-0.1, -0.05) is 26.0 Å². The summed E-state index contributed by atoms with van der Waals surface area (Å²) in [5.41, 5.74) is 2.44. The first-order valence-electron chi connectivity index (χ1n) is 12.0. The third-order valence-electron chi connectivity index (χ3n) is 5.63. The molecule has 0 unspecified atom stereocenters. The number of aliphatic hydroxyl groups is 2. The van der Waals surface area contributed by atoms with Crippen molar-refractivity contribution in [1.82, 2.24) is 25.1 Å². The molecule has 0 saturated heterocycles. The average Bonchev–Trinajstić information content (AvgIpc) is 3.22. The van der Waals surface area contributed by atoms with E-state index in [0.29, 0.717) is 28.3 Å². The van der Waals surface area contributed by atoms with Crippen molar-refractivity contribution in [2.45, 2.75) is 44.8 Å². The summed E-state index contributed by atoms with van der Waals surface area (Å²) in [5.74, 6) is -1.34. The van der Waals surface area contributed by atoms with E-state index in [2.05, 4.69) is 25.7 Å². The number of aryl methyl sites for hydroxylation is 1. The molecule has 3 aromatic rings. The van der Waals surface area contributed by atoms with Crippen molar-refractivity contribution in [1.29, 1.82) is 0 Å². The largest absolute Gasteiger partial charge is 0.481 e. The number of aromatic nitrogens is 4. The van der Waals surface area contributed by atoms with Gasteiger partial charge in [0, 0.05) is 37.7 Å². The minimum Gasteiger partial charge on any atom is -0.481 e. The fourth-order valence-corrected chi connectivity index (χ4v) is 3.76. The SMILES string of the molecule is CNC(=O)c1cc(Nc2nc(-c3ccc(F)cc3)c(C=C[C@@H](O)C[C@@H](O)CC(=O)O)c(C(C)C)n2)n(C)n1. The van der Waals surface area contributed by atoms with Crippen molar-refractivity contribution in [2.75, 3.05) is 12.4 Å². The van der Waals surface area contributed by atoms with Crippen LogP contribution in [0.3, 0.4) is 0 Å². The van der Waals surface area contributed by atoms with Crippen molar-refractivity contribution in [3.8, 4) is 11.3 Å². The highest BCUT2D eigenvalue weighted by Gasteiger charge is 2.20. The van der Waals surface area contributed by atoms with Crippen molar-refractivity contribution in [2.24, 2.45) is 7.05 Å². The van der Waals surface area contributed by atoms with Gasteiger partial charge in [-0.05, 0) is 30.2 Å². The van der Waals surface area contributed by atoms with Crippen LogP contribution in [0.4, 0.5) is 16.2 Å². The molecule has 2 heterocycles. The first-order valence-corrected chi connectivity index (χ1v) is 12.0. The Kier molecular flexibility index (Phi) is 9.26. The van der Waals surface area contributed by atoms with Gasteiger partial charge in [0.2, 0.25) is 5.95 Å². The van der Waals surface area contributed by atoms with Gasteiger partial charge < -0.3 is 26.0 Å². The number of carboxylic acids is 1. The molecule has 38 heavy (non-hydrogen) atoms.